The average Bonchev–Trinajstić information content (AvgIpc) is 2.46. The molecule has 0 aliphatic carbocycles. The van der Waals surface area contributed by atoms with Crippen molar-refractivity contribution in [1.82, 2.24) is 10.3 Å². The van der Waals surface area contributed by atoms with E-state index in [4.69, 9.17) is 14.9 Å². The van der Waals surface area contributed by atoms with Gasteiger partial charge in [0.25, 0.3) is 0 Å². The molecule has 0 bridgehead atoms. The third-order valence-electron chi connectivity index (χ3n) is 2.54. The number of methoxy groups -OCH3 is 2. The molecule has 0 amide bonds. The Labute approximate surface area is 120 Å². The van der Waals surface area contributed by atoms with Gasteiger partial charge in [-0.1, -0.05) is 0 Å². The maximum absolute atomic E-state index is 13.3. The minimum atomic E-state index is -0.717. The van der Waals surface area contributed by atoms with Crippen molar-refractivity contribution in [3.63, 3.8) is 0 Å². The van der Waals surface area contributed by atoms with Crippen LogP contribution in [0.4, 0.5) is 4.39 Å². The number of nitrogens with zero attached hydrogens (tertiary/aromatic N) is 2. The predicted octanol–water partition coefficient (Wildman–Crippen LogP) is 1.27. The molecule has 114 valence electrons. The summed E-state index contributed by atoms with van der Waals surface area (Å²) in [7, 11) is 2.81. The number of pyridine rings is 1. The molecule has 0 fully saturated rings. The van der Waals surface area contributed by atoms with E-state index in [1.807, 2.05) is 0 Å². The monoisotopic (exact) mass is 298 g/mol. The van der Waals surface area contributed by atoms with Gasteiger partial charge in [0.1, 0.15) is 5.82 Å². The number of ether oxygens (including phenoxy) is 2. The standard InChI is InChI=1S/C12H15FN4O4/c1-20-7-11(15-6-9(4-14)17(18)19)10-3-8(13)5-16-12(10)21-2/h3-6,11,14-15H,7H2,1-2H3/b9-6+,14-4?. The highest BCUT2D eigenvalue weighted by atomic mass is 19.1. The summed E-state index contributed by atoms with van der Waals surface area (Å²) in [5.74, 6) is -0.393. The molecule has 21 heavy (non-hydrogen) atoms. The normalized spacial score (nSPS) is 12.6. The Hall–Kier alpha value is -2.55. The minimum absolute atomic E-state index is 0.0982. The van der Waals surface area contributed by atoms with Crippen LogP contribution >= 0.6 is 0 Å². The van der Waals surface area contributed by atoms with Crippen LogP contribution in [0.5, 0.6) is 5.88 Å². The molecule has 9 heteroatoms. The largest absolute Gasteiger partial charge is 0.481 e. The van der Waals surface area contributed by atoms with Gasteiger partial charge in [-0.3, -0.25) is 10.1 Å². The van der Waals surface area contributed by atoms with Crippen LogP contribution < -0.4 is 10.1 Å². The fourth-order valence-electron chi connectivity index (χ4n) is 1.59. The third-order valence-corrected chi connectivity index (χ3v) is 2.54. The van der Waals surface area contributed by atoms with Gasteiger partial charge in [-0.2, -0.15) is 0 Å². The highest BCUT2D eigenvalue weighted by molar-refractivity contribution is 5.71. The summed E-state index contributed by atoms with van der Waals surface area (Å²) in [5.41, 5.74) is -0.0947. The van der Waals surface area contributed by atoms with Crippen LogP contribution in [-0.4, -0.2) is 36.9 Å². The van der Waals surface area contributed by atoms with Gasteiger partial charge in [0, 0.05) is 12.7 Å². The van der Waals surface area contributed by atoms with Crippen LogP contribution in [0.3, 0.4) is 0 Å². The maximum atomic E-state index is 13.3. The van der Waals surface area contributed by atoms with Crippen LogP contribution in [-0.2, 0) is 4.74 Å². The van der Waals surface area contributed by atoms with Gasteiger partial charge in [0.15, 0.2) is 0 Å². The first kappa shape index (κ1) is 16.5. The Morgan fingerprint density at radius 1 is 1.67 bits per heavy atom. The molecule has 1 atom stereocenters. The molecule has 0 aliphatic rings. The van der Waals surface area contributed by atoms with E-state index in [-0.39, 0.29) is 12.5 Å². The Kier molecular flexibility index (Phi) is 6.21. The molecular formula is C12H15FN4O4. The van der Waals surface area contributed by atoms with Crippen molar-refractivity contribution in [3.05, 3.63) is 45.7 Å². The molecule has 0 radical (unpaired) electrons. The van der Waals surface area contributed by atoms with Crippen molar-refractivity contribution in [2.45, 2.75) is 6.04 Å². The minimum Gasteiger partial charge on any atom is -0.481 e. The van der Waals surface area contributed by atoms with E-state index >= 15 is 0 Å². The first-order chi connectivity index (χ1) is 10.0. The molecule has 1 unspecified atom stereocenters. The second kappa shape index (κ2) is 7.90. The van der Waals surface area contributed by atoms with Crippen LogP contribution in [0.25, 0.3) is 0 Å². The van der Waals surface area contributed by atoms with Crippen LogP contribution in [0.15, 0.2) is 24.2 Å². The van der Waals surface area contributed by atoms with Crippen LogP contribution in [0.2, 0.25) is 0 Å². The van der Waals surface area contributed by atoms with Gasteiger partial charge in [0.2, 0.25) is 5.88 Å². The lowest BCUT2D eigenvalue weighted by atomic mass is 10.1. The number of halogens is 1. The summed E-state index contributed by atoms with van der Waals surface area (Å²) < 4.78 is 23.4. The fraction of sp³-hybridized carbons (Fsp3) is 0.333. The van der Waals surface area contributed by atoms with E-state index in [0.29, 0.717) is 11.8 Å². The molecule has 1 rings (SSSR count). The highest BCUT2D eigenvalue weighted by Gasteiger charge is 2.18. The van der Waals surface area contributed by atoms with E-state index in [1.165, 1.54) is 20.3 Å². The first-order valence-corrected chi connectivity index (χ1v) is 5.83. The zero-order valence-corrected chi connectivity index (χ0v) is 11.5. The summed E-state index contributed by atoms with van der Waals surface area (Å²) in [4.78, 5) is 13.7. The lowest BCUT2D eigenvalue weighted by Crippen LogP contribution is -2.23. The van der Waals surface area contributed by atoms with E-state index in [2.05, 4.69) is 10.3 Å². The lowest BCUT2D eigenvalue weighted by molar-refractivity contribution is -0.414. The van der Waals surface area contributed by atoms with E-state index in [0.717, 1.165) is 12.4 Å². The number of rotatable bonds is 8. The molecule has 2 N–H and O–H groups in total. The molecule has 1 heterocycles. The number of aromatic nitrogens is 1. The summed E-state index contributed by atoms with van der Waals surface area (Å²) in [5, 5.41) is 20.3. The number of hydrogen-bond donors (Lipinski definition) is 2. The van der Waals surface area contributed by atoms with E-state index < -0.39 is 22.5 Å². The quantitative estimate of drug-likeness (QED) is 0.425. The number of nitrogens with one attached hydrogen (secondary N) is 2. The topological polar surface area (TPSA) is 110 Å². The summed E-state index contributed by atoms with van der Waals surface area (Å²) >= 11 is 0. The lowest BCUT2D eigenvalue weighted by Gasteiger charge is -2.18. The third kappa shape index (κ3) is 4.49. The van der Waals surface area contributed by atoms with Crippen molar-refractivity contribution in [2.24, 2.45) is 0 Å². The molecular weight excluding hydrogens is 283 g/mol. The van der Waals surface area contributed by atoms with Gasteiger partial charge < -0.3 is 20.2 Å². The predicted molar refractivity (Wildman–Crippen MR) is 72.4 cm³/mol. The van der Waals surface area contributed by atoms with E-state index in [1.54, 1.807) is 0 Å². The Morgan fingerprint density at radius 3 is 2.90 bits per heavy atom. The molecule has 0 spiro atoms. The van der Waals surface area contributed by atoms with Gasteiger partial charge >= 0.3 is 5.70 Å². The smallest absolute Gasteiger partial charge is 0.302 e. The van der Waals surface area contributed by atoms with Gasteiger partial charge in [-0.05, 0) is 6.07 Å². The highest BCUT2D eigenvalue weighted by Crippen LogP contribution is 2.24. The molecule has 1 aromatic heterocycles. The summed E-state index contributed by atoms with van der Waals surface area (Å²) in [6.45, 7) is 0.0982. The zero-order chi connectivity index (χ0) is 15.8. The van der Waals surface area contributed by atoms with Crippen LogP contribution in [0.1, 0.15) is 11.6 Å². The molecule has 0 aromatic carbocycles. The van der Waals surface area contributed by atoms with Crippen molar-refractivity contribution < 1.29 is 18.8 Å². The van der Waals surface area contributed by atoms with Gasteiger partial charge in [-0.15, -0.1) is 0 Å². The second-order valence-electron chi connectivity index (χ2n) is 3.90. The number of nitro groups is 1. The van der Waals surface area contributed by atoms with Crippen LogP contribution in [0, 0.1) is 21.3 Å². The maximum Gasteiger partial charge on any atom is 0.302 e. The Bertz CT molecular complexity index is 550. The van der Waals surface area contributed by atoms with Crippen molar-refractivity contribution >= 4 is 6.21 Å². The molecule has 0 saturated carbocycles. The van der Waals surface area contributed by atoms with Crippen molar-refractivity contribution in [1.29, 1.82) is 5.41 Å². The molecule has 1 aromatic rings. The fourth-order valence-corrected chi connectivity index (χ4v) is 1.59. The van der Waals surface area contributed by atoms with Crippen molar-refractivity contribution in [2.75, 3.05) is 20.8 Å². The number of allylic oxidation sites excluding steroid dienone is 1. The van der Waals surface area contributed by atoms with Crippen molar-refractivity contribution in [3.8, 4) is 5.88 Å². The first-order valence-electron chi connectivity index (χ1n) is 5.83. The average molecular weight is 298 g/mol. The van der Waals surface area contributed by atoms with E-state index in [9.17, 15) is 14.5 Å². The number of hydrogen-bond acceptors (Lipinski definition) is 7. The van der Waals surface area contributed by atoms with Gasteiger partial charge in [0.05, 0.1) is 43.3 Å². The molecule has 8 nitrogen and oxygen atoms in total. The second-order valence-corrected chi connectivity index (χ2v) is 3.90. The molecule has 0 aliphatic heterocycles. The Balaban J connectivity index is 3.09. The summed E-state index contributed by atoms with van der Waals surface area (Å²) in [6, 6.07) is 0.579. The SMILES string of the molecule is COCC(N/C=C(\C=N)[N+](=O)[O-])c1cc(F)cnc1OC. The summed E-state index contributed by atoms with van der Waals surface area (Å²) in [6.07, 6.45) is 2.64. The van der Waals surface area contributed by atoms with Gasteiger partial charge in [-0.25, -0.2) is 9.37 Å². The zero-order valence-electron chi connectivity index (χ0n) is 11.5. The molecule has 0 saturated heterocycles. The Morgan fingerprint density at radius 2 is 2.38 bits per heavy atom.